The summed E-state index contributed by atoms with van der Waals surface area (Å²) < 4.78 is 7.77. The van der Waals surface area contributed by atoms with Crippen molar-refractivity contribution in [2.75, 3.05) is 12.4 Å². The Hall–Kier alpha value is -2.87. The molecule has 4 aromatic rings. The van der Waals surface area contributed by atoms with Gasteiger partial charge in [-0.2, -0.15) is 0 Å². The van der Waals surface area contributed by atoms with Gasteiger partial charge in [0.2, 0.25) is 5.82 Å². The minimum atomic E-state index is -0.491. The molecule has 31 heavy (non-hydrogen) atoms. The van der Waals surface area contributed by atoms with Crippen molar-refractivity contribution in [3.05, 3.63) is 87.1 Å². The van der Waals surface area contributed by atoms with Crippen LogP contribution in [-0.2, 0) is 0 Å². The first kappa shape index (κ1) is 21.4. The summed E-state index contributed by atoms with van der Waals surface area (Å²) in [5.74, 6) is 0.740. The SMILES string of the molecule is COc1ccc(-n2nc(C(=O)Nc3ccc(Cl)cc3Cl)nc2-c2ccc(Br)cc2)cc1. The molecule has 0 aliphatic carbocycles. The molecule has 1 aromatic heterocycles. The normalized spacial score (nSPS) is 10.7. The van der Waals surface area contributed by atoms with Crippen molar-refractivity contribution in [1.29, 1.82) is 0 Å². The highest BCUT2D eigenvalue weighted by molar-refractivity contribution is 9.10. The van der Waals surface area contributed by atoms with Gasteiger partial charge in [0.1, 0.15) is 5.75 Å². The van der Waals surface area contributed by atoms with Crippen LogP contribution in [0.25, 0.3) is 17.1 Å². The Labute approximate surface area is 196 Å². The fraction of sp³-hybridized carbons (Fsp3) is 0.0455. The maximum Gasteiger partial charge on any atom is 0.295 e. The molecule has 4 rings (SSSR count). The topological polar surface area (TPSA) is 69.0 Å². The van der Waals surface area contributed by atoms with Crippen LogP contribution in [0.4, 0.5) is 5.69 Å². The van der Waals surface area contributed by atoms with E-state index in [-0.39, 0.29) is 5.82 Å². The van der Waals surface area contributed by atoms with Crippen molar-refractivity contribution in [3.63, 3.8) is 0 Å². The van der Waals surface area contributed by atoms with Gasteiger partial charge in [0.05, 0.1) is 23.5 Å². The Morgan fingerprint density at radius 1 is 1.03 bits per heavy atom. The summed E-state index contributed by atoms with van der Waals surface area (Å²) in [6.45, 7) is 0. The molecule has 1 heterocycles. The number of benzene rings is 3. The van der Waals surface area contributed by atoms with E-state index in [2.05, 4.69) is 31.3 Å². The Morgan fingerprint density at radius 2 is 1.74 bits per heavy atom. The van der Waals surface area contributed by atoms with Crippen LogP contribution < -0.4 is 10.1 Å². The van der Waals surface area contributed by atoms with Gasteiger partial charge in [-0.15, -0.1) is 5.10 Å². The number of hydrogen-bond acceptors (Lipinski definition) is 4. The van der Waals surface area contributed by atoms with E-state index < -0.39 is 5.91 Å². The minimum absolute atomic E-state index is 0.000228. The second-order valence-corrected chi connectivity index (χ2v) is 8.21. The van der Waals surface area contributed by atoms with Gasteiger partial charge in [-0.05, 0) is 54.6 Å². The largest absolute Gasteiger partial charge is 0.497 e. The first-order valence-electron chi connectivity index (χ1n) is 9.08. The molecule has 0 bridgehead atoms. The van der Waals surface area contributed by atoms with E-state index in [4.69, 9.17) is 27.9 Å². The molecule has 0 atom stereocenters. The van der Waals surface area contributed by atoms with E-state index in [9.17, 15) is 4.79 Å². The van der Waals surface area contributed by atoms with Gasteiger partial charge in [-0.25, -0.2) is 9.67 Å². The zero-order valence-corrected chi connectivity index (χ0v) is 19.2. The van der Waals surface area contributed by atoms with E-state index in [1.807, 2.05) is 48.5 Å². The van der Waals surface area contributed by atoms with Crippen LogP contribution in [0.2, 0.25) is 10.0 Å². The van der Waals surface area contributed by atoms with E-state index in [1.54, 1.807) is 30.0 Å². The molecule has 0 saturated heterocycles. The van der Waals surface area contributed by atoms with Gasteiger partial charge >= 0.3 is 0 Å². The third-order valence-electron chi connectivity index (χ3n) is 4.41. The molecule has 156 valence electrons. The van der Waals surface area contributed by atoms with E-state index in [0.717, 1.165) is 15.7 Å². The fourth-order valence-corrected chi connectivity index (χ4v) is 3.59. The molecule has 0 aliphatic rings. The molecular formula is C22H15BrCl2N4O2. The summed E-state index contributed by atoms with van der Waals surface area (Å²) in [4.78, 5) is 17.4. The maximum absolute atomic E-state index is 12.9. The molecule has 0 unspecified atom stereocenters. The van der Waals surface area contributed by atoms with Gasteiger partial charge in [-0.3, -0.25) is 4.79 Å². The van der Waals surface area contributed by atoms with Crippen molar-refractivity contribution in [2.45, 2.75) is 0 Å². The van der Waals surface area contributed by atoms with Gasteiger partial charge in [0.25, 0.3) is 5.91 Å². The third kappa shape index (κ3) is 4.74. The molecule has 1 amide bonds. The number of halogens is 3. The van der Waals surface area contributed by atoms with Crippen LogP contribution in [0.5, 0.6) is 5.75 Å². The standard InChI is InChI=1S/C22H15BrCl2N4O2/c1-31-17-9-7-16(8-10-17)29-21(13-2-4-14(23)5-3-13)27-20(28-29)22(30)26-19-11-6-15(24)12-18(19)25/h2-12H,1H3,(H,26,30). The quantitative estimate of drug-likeness (QED) is 0.339. The molecule has 9 heteroatoms. The molecule has 0 saturated carbocycles. The average molecular weight is 518 g/mol. The first-order valence-corrected chi connectivity index (χ1v) is 10.6. The fourth-order valence-electron chi connectivity index (χ4n) is 2.87. The van der Waals surface area contributed by atoms with E-state index in [0.29, 0.717) is 27.3 Å². The number of nitrogens with one attached hydrogen (secondary N) is 1. The Morgan fingerprint density at radius 3 is 2.39 bits per heavy atom. The van der Waals surface area contributed by atoms with Crippen LogP contribution in [-0.4, -0.2) is 27.8 Å². The lowest BCUT2D eigenvalue weighted by atomic mass is 10.2. The molecule has 0 aliphatic heterocycles. The van der Waals surface area contributed by atoms with Crippen molar-refractivity contribution >= 4 is 50.7 Å². The zero-order chi connectivity index (χ0) is 22.0. The van der Waals surface area contributed by atoms with Crippen LogP contribution in [0, 0.1) is 0 Å². The molecule has 1 N–H and O–H groups in total. The second-order valence-electron chi connectivity index (χ2n) is 6.45. The van der Waals surface area contributed by atoms with Crippen LogP contribution in [0.15, 0.2) is 71.2 Å². The minimum Gasteiger partial charge on any atom is -0.497 e. The van der Waals surface area contributed by atoms with Crippen LogP contribution in [0.3, 0.4) is 0 Å². The first-order chi connectivity index (χ1) is 14.9. The number of anilines is 1. The van der Waals surface area contributed by atoms with Crippen molar-refractivity contribution in [2.24, 2.45) is 0 Å². The summed E-state index contributed by atoms with van der Waals surface area (Å²) in [7, 11) is 1.60. The van der Waals surface area contributed by atoms with Crippen molar-refractivity contribution in [3.8, 4) is 22.8 Å². The summed E-state index contributed by atoms with van der Waals surface area (Å²) in [6, 6.07) is 19.7. The number of ether oxygens (including phenoxy) is 1. The molecular weight excluding hydrogens is 503 g/mol. The van der Waals surface area contributed by atoms with Crippen molar-refractivity contribution < 1.29 is 9.53 Å². The van der Waals surface area contributed by atoms with Crippen molar-refractivity contribution in [1.82, 2.24) is 14.8 Å². The lowest BCUT2D eigenvalue weighted by molar-refractivity contribution is 0.101. The van der Waals surface area contributed by atoms with E-state index >= 15 is 0 Å². The lowest BCUT2D eigenvalue weighted by Gasteiger charge is -2.07. The highest BCUT2D eigenvalue weighted by Gasteiger charge is 2.20. The second kappa shape index (κ2) is 9.09. The zero-order valence-electron chi connectivity index (χ0n) is 16.1. The number of carbonyl (C=O) groups excluding carboxylic acids is 1. The van der Waals surface area contributed by atoms with Gasteiger partial charge in [-0.1, -0.05) is 51.3 Å². The molecule has 0 radical (unpaired) electrons. The Balaban J connectivity index is 1.74. The lowest BCUT2D eigenvalue weighted by Crippen LogP contribution is -2.14. The molecule has 6 nitrogen and oxygen atoms in total. The molecule has 0 fully saturated rings. The number of rotatable bonds is 5. The van der Waals surface area contributed by atoms with E-state index in [1.165, 1.54) is 0 Å². The Bertz CT molecular complexity index is 1240. The predicted molar refractivity (Wildman–Crippen MR) is 125 cm³/mol. The van der Waals surface area contributed by atoms with Gasteiger partial charge in [0.15, 0.2) is 5.82 Å². The maximum atomic E-state index is 12.9. The smallest absolute Gasteiger partial charge is 0.295 e. The van der Waals surface area contributed by atoms with Crippen LogP contribution in [0.1, 0.15) is 10.6 Å². The summed E-state index contributed by atoms with van der Waals surface area (Å²) in [6.07, 6.45) is 0. The average Bonchev–Trinajstić information content (AvgIpc) is 3.22. The number of hydrogen-bond donors (Lipinski definition) is 1. The third-order valence-corrected chi connectivity index (χ3v) is 5.49. The highest BCUT2D eigenvalue weighted by atomic mass is 79.9. The summed E-state index contributed by atoms with van der Waals surface area (Å²) in [5, 5.41) is 7.98. The molecule has 3 aromatic carbocycles. The Kier molecular flexibility index (Phi) is 6.27. The monoisotopic (exact) mass is 516 g/mol. The highest BCUT2D eigenvalue weighted by Crippen LogP contribution is 2.27. The number of amides is 1. The van der Waals surface area contributed by atoms with Gasteiger partial charge < -0.3 is 10.1 Å². The van der Waals surface area contributed by atoms with Gasteiger partial charge in [0, 0.05) is 15.1 Å². The number of methoxy groups -OCH3 is 1. The number of nitrogens with zero attached hydrogens (tertiary/aromatic N) is 3. The number of aromatic nitrogens is 3. The summed E-state index contributed by atoms with van der Waals surface area (Å²) >= 11 is 15.5. The molecule has 0 spiro atoms. The predicted octanol–water partition coefficient (Wildman–Crippen LogP) is 6.26. The van der Waals surface area contributed by atoms with Crippen LogP contribution >= 0.6 is 39.1 Å². The number of carbonyl (C=O) groups is 1. The summed E-state index contributed by atoms with van der Waals surface area (Å²) in [5.41, 5.74) is 1.95.